The SMILES string of the molecule is CCCCCCCCCCCCCC(C)Cc1ccc(N)cc1. The van der Waals surface area contributed by atoms with E-state index in [1.165, 1.54) is 89.0 Å². The predicted octanol–water partition coefficient (Wildman–Crippen LogP) is 7.15. The van der Waals surface area contributed by atoms with Crippen molar-refractivity contribution in [3.8, 4) is 0 Å². The highest BCUT2D eigenvalue weighted by atomic mass is 14.5. The molecule has 0 heterocycles. The average Bonchev–Trinajstić information content (AvgIpc) is 2.55. The van der Waals surface area contributed by atoms with E-state index in [-0.39, 0.29) is 0 Å². The van der Waals surface area contributed by atoms with Crippen LogP contribution in [0.2, 0.25) is 0 Å². The van der Waals surface area contributed by atoms with Crippen LogP contribution in [-0.4, -0.2) is 0 Å². The van der Waals surface area contributed by atoms with Gasteiger partial charge in [0.15, 0.2) is 0 Å². The summed E-state index contributed by atoms with van der Waals surface area (Å²) >= 11 is 0. The molecule has 0 aliphatic rings. The van der Waals surface area contributed by atoms with E-state index in [0.29, 0.717) is 0 Å². The van der Waals surface area contributed by atoms with E-state index in [4.69, 9.17) is 5.73 Å². The van der Waals surface area contributed by atoms with E-state index in [1.54, 1.807) is 0 Å². The Balaban J connectivity index is 1.89. The van der Waals surface area contributed by atoms with Crippen LogP contribution in [0.3, 0.4) is 0 Å². The largest absolute Gasteiger partial charge is 0.399 e. The Morgan fingerprint density at radius 1 is 0.739 bits per heavy atom. The third kappa shape index (κ3) is 11.2. The lowest BCUT2D eigenvalue weighted by atomic mass is 9.95. The molecule has 1 rings (SSSR count). The monoisotopic (exact) mass is 317 g/mol. The number of hydrogen-bond acceptors (Lipinski definition) is 1. The summed E-state index contributed by atoms with van der Waals surface area (Å²) in [6.07, 6.45) is 18.3. The molecule has 132 valence electrons. The number of nitrogens with two attached hydrogens (primary N) is 1. The van der Waals surface area contributed by atoms with Gasteiger partial charge in [0.2, 0.25) is 0 Å². The molecule has 1 unspecified atom stereocenters. The molecule has 23 heavy (non-hydrogen) atoms. The van der Waals surface area contributed by atoms with Crippen LogP contribution in [-0.2, 0) is 6.42 Å². The zero-order chi connectivity index (χ0) is 16.8. The molecule has 0 aromatic heterocycles. The van der Waals surface area contributed by atoms with Crippen molar-refractivity contribution >= 4 is 5.69 Å². The van der Waals surface area contributed by atoms with Gasteiger partial charge in [-0.1, -0.05) is 103 Å². The second-order valence-corrected chi connectivity index (χ2v) is 7.38. The van der Waals surface area contributed by atoms with Crippen molar-refractivity contribution in [3.63, 3.8) is 0 Å². The maximum atomic E-state index is 5.74. The van der Waals surface area contributed by atoms with Gasteiger partial charge in [-0.3, -0.25) is 0 Å². The quantitative estimate of drug-likeness (QED) is 0.286. The standard InChI is InChI=1S/C22H39N/c1-3-4-5-6-7-8-9-10-11-12-13-14-20(2)19-21-15-17-22(23)18-16-21/h15-18,20H,3-14,19,23H2,1-2H3. The summed E-state index contributed by atoms with van der Waals surface area (Å²) in [5, 5.41) is 0. The van der Waals surface area contributed by atoms with Crippen molar-refractivity contribution in [2.75, 3.05) is 5.73 Å². The molecule has 0 fully saturated rings. The summed E-state index contributed by atoms with van der Waals surface area (Å²) in [6.45, 7) is 4.67. The molecule has 1 aromatic rings. The van der Waals surface area contributed by atoms with Gasteiger partial charge >= 0.3 is 0 Å². The lowest BCUT2D eigenvalue weighted by molar-refractivity contribution is 0.477. The topological polar surface area (TPSA) is 26.0 Å². The van der Waals surface area contributed by atoms with Crippen LogP contribution in [0.25, 0.3) is 0 Å². The molecule has 0 saturated carbocycles. The predicted molar refractivity (Wildman–Crippen MR) is 105 cm³/mol. The van der Waals surface area contributed by atoms with E-state index in [9.17, 15) is 0 Å². The van der Waals surface area contributed by atoms with Crippen LogP contribution in [0, 0.1) is 5.92 Å². The lowest BCUT2D eigenvalue weighted by Gasteiger charge is -2.11. The highest BCUT2D eigenvalue weighted by molar-refractivity contribution is 5.39. The second-order valence-electron chi connectivity index (χ2n) is 7.38. The van der Waals surface area contributed by atoms with Crippen LogP contribution >= 0.6 is 0 Å². The number of anilines is 1. The zero-order valence-electron chi connectivity index (χ0n) is 15.7. The van der Waals surface area contributed by atoms with Crippen molar-refractivity contribution in [3.05, 3.63) is 29.8 Å². The van der Waals surface area contributed by atoms with Crippen LogP contribution in [0.4, 0.5) is 5.69 Å². The number of nitrogen functional groups attached to an aromatic ring is 1. The van der Waals surface area contributed by atoms with Gasteiger partial charge < -0.3 is 5.73 Å². The third-order valence-corrected chi connectivity index (χ3v) is 4.86. The van der Waals surface area contributed by atoms with Gasteiger partial charge in [0.1, 0.15) is 0 Å². The first-order chi connectivity index (χ1) is 11.2. The Hall–Kier alpha value is -0.980. The van der Waals surface area contributed by atoms with Crippen LogP contribution in [0.1, 0.15) is 96.5 Å². The highest BCUT2D eigenvalue weighted by Crippen LogP contribution is 2.18. The summed E-state index contributed by atoms with van der Waals surface area (Å²) in [5.74, 6) is 0.789. The molecule has 1 aromatic carbocycles. The Morgan fingerprint density at radius 2 is 1.22 bits per heavy atom. The first-order valence-corrected chi connectivity index (χ1v) is 10.1. The van der Waals surface area contributed by atoms with E-state index in [1.807, 2.05) is 12.1 Å². The van der Waals surface area contributed by atoms with Crippen molar-refractivity contribution in [2.45, 2.75) is 97.3 Å². The maximum Gasteiger partial charge on any atom is 0.0314 e. The van der Waals surface area contributed by atoms with Gasteiger partial charge in [0.25, 0.3) is 0 Å². The Bertz CT molecular complexity index is 368. The van der Waals surface area contributed by atoms with E-state index >= 15 is 0 Å². The number of unbranched alkanes of at least 4 members (excludes halogenated alkanes) is 10. The molecule has 0 amide bonds. The highest BCUT2D eigenvalue weighted by Gasteiger charge is 2.03. The van der Waals surface area contributed by atoms with Crippen LogP contribution in [0.15, 0.2) is 24.3 Å². The van der Waals surface area contributed by atoms with Crippen molar-refractivity contribution in [1.82, 2.24) is 0 Å². The zero-order valence-corrected chi connectivity index (χ0v) is 15.7. The molecule has 0 radical (unpaired) electrons. The van der Waals surface area contributed by atoms with Gasteiger partial charge in [0, 0.05) is 5.69 Å². The van der Waals surface area contributed by atoms with E-state index in [2.05, 4.69) is 26.0 Å². The Morgan fingerprint density at radius 3 is 1.74 bits per heavy atom. The van der Waals surface area contributed by atoms with Crippen molar-refractivity contribution in [1.29, 1.82) is 0 Å². The summed E-state index contributed by atoms with van der Waals surface area (Å²) in [5.41, 5.74) is 8.03. The molecule has 0 bridgehead atoms. The average molecular weight is 318 g/mol. The molecule has 0 saturated heterocycles. The molecule has 0 aliphatic carbocycles. The minimum atomic E-state index is 0.789. The normalized spacial score (nSPS) is 12.4. The van der Waals surface area contributed by atoms with Gasteiger partial charge in [-0.2, -0.15) is 0 Å². The molecular formula is C22H39N. The molecule has 0 spiro atoms. The fourth-order valence-electron chi connectivity index (χ4n) is 3.32. The molecule has 1 heteroatoms. The lowest BCUT2D eigenvalue weighted by Crippen LogP contribution is -2.00. The first-order valence-electron chi connectivity index (χ1n) is 10.1. The smallest absolute Gasteiger partial charge is 0.0314 e. The molecule has 1 atom stereocenters. The second kappa shape index (κ2) is 13.5. The summed E-state index contributed by atoms with van der Waals surface area (Å²) in [4.78, 5) is 0. The molecule has 2 N–H and O–H groups in total. The minimum Gasteiger partial charge on any atom is -0.399 e. The van der Waals surface area contributed by atoms with Gasteiger partial charge in [-0.05, 0) is 30.0 Å². The van der Waals surface area contributed by atoms with E-state index < -0.39 is 0 Å². The number of hydrogen-bond donors (Lipinski definition) is 1. The summed E-state index contributed by atoms with van der Waals surface area (Å²) < 4.78 is 0. The summed E-state index contributed by atoms with van der Waals surface area (Å²) in [6, 6.07) is 8.38. The number of rotatable bonds is 14. The van der Waals surface area contributed by atoms with Crippen LogP contribution in [0.5, 0.6) is 0 Å². The van der Waals surface area contributed by atoms with E-state index in [0.717, 1.165) is 11.6 Å². The Kier molecular flexibility index (Phi) is 11.7. The molecule has 1 nitrogen and oxygen atoms in total. The van der Waals surface area contributed by atoms with Gasteiger partial charge in [-0.25, -0.2) is 0 Å². The minimum absolute atomic E-state index is 0.789. The Labute approximate surface area is 145 Å². The van der Waals surface area contributed by atoms with Gasteiger partial charge in [-0.15, -0.1) is 0 Å². The van der Waals surface area contributed by atoms with Crippen LogP contribution < -0.4 is 5.73 Å². The maximum absolute atomic E-state index is 5.74. The fourth-order valence-corrected chi connectivity index (χ4v) is 3.32. The van der Waals surface area contributed by atoms with Crippen molar-refractivity contribution < 1.29 is 0 Å². The van der Waals surface area contributed by atoms with Gasteiger partial charge in [0.05, 0.1) is 0 Å². The third-order valence-electron chi connectivity index (χ3n) is 4.86. The fraction of sp³-hybridized carbons (Fsp3) is 0.727. The van der Waals surface area contributed by atoms with Crippen molar-refractivity contribution in [2.24, 2.45) is 5.92 Å². The molecular weight excluding hydrogens is 278 g/mol. The first kappa shape index (κ1) is 20.1. The number of benzene rings is 1. The summed E-state index contributed by atoms with van der Waals surface area (Å²) in [7, 11) is 0. The molecule has 0 aliphatic heterocycles.